The van der Waals surface area contributed by atoms with Crippen LogP contribution in [0.25, 0.3) is 0 Å². The summed E-state index contributed by atoms with van der Waals surface area (Å²) in [6.45, 7) is 10.5. The molecule has 4 nitrogen and oxygen atoms in total. The summed E-state index contributed by atoms with van der Waals surface area (Å²) >= 11 is 0. The molecular weight excluding hydrogens is 292 g/mol. The molecule has 1 heterocycles. The fourth-order valence-corrected chi connectivity index (χ4v) is 6.19. The first-order chi connectivity index (χ1) is 10.6. The Balaban J connectivity index is 1.98. The first-order valence-corrected chi connectivity index (χ1v) is 9.02. The van der Waals surface area contributed by atoms with E-state index in [0.717, 1.165) is 32.1 Å². The summed E-state index contributed by atoms with van der Waals surface area (Å²) in [5, 5.41) is 0. The van der Waals surface area contributed by atoms with Crippen molar-refractivity contribution < 1.29 is 19.1 Å². The molecule has 1 aliphatic heterocycles. The van der Waals surface area contributed by atoms with Crippen molar-refractivity contribution in [3.8, 4) is 0 Å². The number of fused-ring (bicyclic) bond motifs is 2. The van der Waals surface area contributed by atoms with Crippen molar-refractivity contribution in [3.63, 3.8) is 0 Å². The van der Waals surface area contributed by atoms with Gasteiger partial charge in [0, 0.05) is 24.2 Å². The maximum absolute atomic E-state index is 12.0. The number of hydrogen-bond acceptors (Lipinski definition) is 4. The van der Waals surface area contributed by atoms with E-state index in [1.54, 1.807) is 0 Å². The first kappa shape index (κ1) is 16.8. The van der Waals surface area contributed by atoms with Gasteiger partial charge in [0.1, 0.15) is 11.7 Å². The van der Waals surface area contributed by atoms with Crippen molar-refractivity contribution in [2.75, 3.05) is 0 Å². The molecule has 0 unspecified atom stereocenters. The molecule has 0 aromatic carbocycles. The molecule has 3 aliphatic rings. The monoisotopic (exact) mass is 322 g/mol. The van der Waals surface area contributed by atoms with Gasteiger partial charge in [0.15, 0.2) is 0 Å². The number of rotatable bonds is 1. The molecule has 0 amide bonds. The zero-order valence-electron chi connectivity index (χ0n) is 15.1. The third kappa shape index (κ3) is 2.24. The van der Waals surface area contributed by atoms with Crippen molar-refractivity contribution in [1.82, 2.24) is 0 Å². The van der Waals surface area contributed by atoms with E-state index in [1.165, 1.54) is 6.92 Å². The summed E-state index contributed by atoms with van der Waals surface area (Å²) in [7, 11) is 0. The van der Waals surface area contributed by atoms with Gasteiger partial charge in [-0.3, -0.25) is 9.59 Å². The van der Waals surface area contributed by atoms with E-state index >= 15 is 0 Å². The Bertz CT molecular complexity index is 525. The summed E-state index contributed by atoms with van der Waals surface area (Å²) in [5.41, 5.74) is -0.455. The molecule has 0 N–H and O–H groups in total. The second-order valence-corrected chi connectivity index (χ2v) is 8.77. The van der Waals surface area contributed by atoms with Gasteiger partial charge in [-0.15, -0.1) is 0 Å². The number of esters is 2. The van der Waals surface area contributed by atoms with Gasteiger partial charge in [-0.2, -0.15) is 0 Å². The molecule has 1 spiro atoms. The summed E-state index contributed by atoms with van der Waals surface area (Å²) in [4.78, 5) is 23.5. The van der Waals surface area contributed by atoms with Crippen LogP contribution in [0.1, 0.15) is 73.1 Å². The van der Waals surface area contributed by atoms with E-state index in [1.807, 2.05) is 0 Å². The lowest BCUT2D eigenvalue weighted by atomic mass is 9.44. The zero-order chi connectivity index (χ0) is 17.0. The highest BCUT2D eigenvalue weighted by Gasteiger charge is 2.67. The second kappa shape index (κ2) is 5.22. The van der Waals surface area contributed by atoms with Gasteiger partial charge in [0.2, 0.25) is 0 Å². The molecule has 4 heteroatoms. The highest BCUT2D eigenvalue weighted by molar-refractivity contribution is 5.72. The molecule has 2 saturated carbocycles. The van der Waals surface area contributed by atoms with E-state index in [0.29, 0.717) is 18.3 Å². The van der Waals surface area contributed by atoms with Gasteiger partial charge >= 0.3 is 11.9 Å². The average Bonchev–Trinajstić information content (AvgIpc) is 2.83. The Kier molecular flexibility index (Phi) is 3.81. The maximum atomic E-state index is 12.0. The fourth-order valence-electron chi connectivity index (χ4n) is 6.19. The lowest BCUT2D eigenvalue weighted by Gasteiger charge is -2.63. The molecule has 0 aromatic heterocycles. The van der Waals surface area contributed by atoms with E-state index in [-0.39, 0.29) is 34.5 Å². The molecule has 5 atom stereocenters. The molecule has 0 radical (unpaired) electrons. The van der Waals surface area contributed by atoms with Crippen LogP contribution in [0.5, 0.6) is 0 Å². The summed E-state index contributed by atoms with van der Waals surface area (Å²) in [6.07, 6.45) is 5.34. The van der Waals surface area contributed by atoms with Gasteiger partial charge in [0.05, 0.1) is 0 Å². The molecular formula is C19H30O4. The van der Waals surface area contributed by atoms with Crippen molar-refractivity contribution >= 4 is 11.9 Å². The third-order valence-corrected chi connectivity index (χ3v) is 7.38. The number of carbonyl (C=O) groups is 2. The normalized spacial score (nSPS) is 45.4. The van der Waals surface area contributed by atoms with Crippen LogP contribution in [0, 0.1) is 22.7 Å². The highest BCUT2D eigenvalue weighted by atomic mass is 16.6. The zero-order valence-corrected chi connectivity index (χ0v) is 15.1. The second-order valence-electron chi connectivity index (χ2n) is 8.77. The van der Waals surface area contributed by atoms with Crippen molar-refractivity contribution in [2.45, 2.75) is 84.8 Å². The van der Waals surface area contributed by atoms with E-state index < -0.39 is 0 Å². The Hall–Kier alpha value is -1.06. The van der Waals surface area contributed by atoms with Crippen molar-refractivity contribution in [1.29, 1.82) is 0 Å². The predicted molar refractivity (Wildman–Crippen MR) is 86.6 cm³/mol. The van der Waals surface area contributed by atoms with Crippen molar-refractivity contribution in [2.24, 2.45) is 22.7 Å². The standard InChI is InChI=1S/C19H30O4/c1-12-6-7-14-17(3,4)15(22-13(2)20)8-10-18(14,5)19(12)11-9-16(21)23-19/h12,14-15H,6-11H2,1-5H3/t12-,14+,15+,18+,19-/m1/s1. The first-order valence-electron chi connectivity index (χ1n) is 9.02. The summed E-state index contributed by atoms with van der Waals surface area (Å²) < 4.78 is 11.7. The Morgan fingerprint density at radius 2 is 1.87 bits per heavy atom. The molecule has 0 bridgehead atoms. The SMILES string of the molecule is CC(=O)O[C@H]1CC[C@@]2(C)[C@@H](CC[C@@H](C)[C@]23CCC(=O)O3)C1(C)C. The van der Waals surface area contributed by atoms with Crippen LogP contribution in [0.3, 0.4) is 0 Å². The van der Waals surface area contributed by atoms with Crippen LogP contribution < -0.4 is 0 Å². The quantitative estimate of drug-likeness (QED) is 0.688. The van der Waals surface area contributed by atoms with Gasteiger partial charge in [-0.05, 0) is 43.9 Å². The van der Waals surface area contributed by atoms with Crippen LogP contribution in [0.4, 0.5) is 0 Å². The Morgan fingerprint density at radius 3 is 2.43 bits per heavy atom. The third-order valence-electron chi connectivity index (χ3n) is 7.38. The Labute approximate surface area is 139 Å². The molecule has 2 aliphatic carbocycles. The van der Waals surface area contributed by atoms with Gasteiger partial charge < -0.3 is 9.47 Å². The van der Waals surface area contributed by atoms with E-state index in [9.17, 15) is 9.59 Å². The highest BCUT2D eigenvalue weighted by Crippen LogP contribution is 2.66. The molecule has 3 fully saturated rings. The minimum atomic E-state index is -0.328. The van der Waals surface area contributed by atoms with Crippen LogP contribution in [0.2, 0.25) is 0 Å². The smallest absolute Gasteiger partial charge is 0.306 e. The summed E-state index contributed by atoms with van der Waals surface area (Å²) in [6, 6.07) is 0. The maximum Gasteiger partial charge on any atom is 0.306 e. The average molecular weight is 322 g/mol. The van der Waals surface area contributed by atoms with Crippen LogP contribution in [-0.4, -0.2) is 23.6 Å². The number of carbonyl (C=O) groups excluding carboxylic acids is 2. The molecule has 130 valence electrons. The van der Waals surface area contributed by atoms with Crippen LogP contribution in [0.15, 0.2) is 0 Å². The molecule has 0 aromatic rings. The van der Waals surface area contributed by atoms with Crippen molar-refractivity contribution in [3.05, 3.63) is 0 Å². The minimum absolute atomic E-state index is 0.0308. The number of ether oxygens (including phenoxy) is 2. The van der Waals surface area contributed by atoms with Gasteiger partial charge in [-0.1, -0.05) is 27.7 Å². The van der Waals surface area contributed by atoms with Gasteiger partial charge in [0.25, 0.3) is 0 Å². The van der Waals surface area contributed by atoms with E-state index in [2.05, 4.69) is 27.7 Å². The van der Waals surface area contributed by atoms with Gasteiger partial charge in [-0.25, -0.2) is 0 Å². The largest absolute Gasteiger partial charge is 0.462 e. The molecule has 23 heavy (non-hydrogen) atoms. The molecule has 3 rings (SSSR count). The fraction of sp³-hybridized carbons (Fsp3) is 0.895. The number of hydrogen-bond donors (Lipinski definition) is 0. The molecule has 1 saturated heterocycles. The lowest BCUT2D eigenvalue weighted by Crippen LogP contribution is -2.64. The topological polar surface area (TPSA) is 52.6 Å². The summed E-state index contributed by atoms with van der Waals surface area (Å²) in [5.74, 6) is 0.558. The van der Waals surface area contributed by atoms with Crippen LogP contribution in [-0.2, 0) is 19.1 Å². The Morgan fingerprint density at radius 1 is 1.17 bits per heavy atom. The van der Waals surface area contributed by atoms with Crippen LogP contribution >= 0.6 is 0 Å². The minimum Gasteiger partial charge on any atom is -0.462 e. The predicted octanol–water partition coefficient (Wildman–Crippen LogP) is 3.87. The van der Waals surface area contributed by atoms with E-state index in [4.69, 9.17) is 9.47 Å². The lowest BCUT2D eigenvalue weighted by molar-refractivity contribution is -0.235.